The number of piperazine rings is 1. The molecule has 3 rings (SSSR count). The maximum atomic E-state index is 14.2. The fraction of sp³-hybridized carbons (Fsp3) is 0.647. The van der Waals surface area contributed by atoms with Crippen molar-refractivity contribution in [2.24, 2.45) is 5.92 Å². The molecule has 4 heteroatoms. The third-order valence-corrected chi connectivity index (χ3v) is 5.07. The average molecular weight is 311 g/mol. The molecule has 2 atom stereocenters. The van der Waals surface area contributed by atoms with Gasteiger partial charge in [0, 0.05) is 37.3 Å². The summed E-state index contributed by atoms with van der Waals surface area (Å²) in [7, 11) is 0. The lowest BCUT2D eigenvalue weighted by molar-refractivity contribution is 0.107. The van der Waals surface area contributed by atoms with Crippen LogP contribution in [0.2, 0.25) is 5.02 Å². The van der Waals surface area contributed by atoms with Crippen molar-refractivity contribution in [2.75, 3.05) is 13.1 Å². The number of hydrogen-bond acceptors (Lipinski definition) is 2. The second-order valence-corrected chi connectivity index (χ2v) is 6.84. The van der Waals surface area contributed by atoms with Crippen LogP contribution in [0.3, 0.4) is 0 Å². The molecule has 1 saturated carbocycles. The molecule has 116 valence electrons. The SMILES string of the molecule is CCCC1CNC(C2CC2)CN1Cc1cccc(Cl)c1F. The Bertz CT molecular complexity index is 490. The van der Waals surface area contributed by atoms with Crippen LogP contribution in [0.1, 0.15) is 38.2 Å². The average Bonchev–Trinajstić information content (AvgIpc) is 3.30. The van der Waals surface area contributed by atoms with E-state index >= 15 is 0 Å². The van der Waals surface area contributed by atoms with Crippen LogP contribution in [-0.2, 0) is 6.54 Å². The van der Waals surface area contributed by atoms with E-state index in [-0.39, 0.29) is 10.8 Å². The number of halogens is 2. The van der Waals surface area contributed by atoms with E-state index in [4.69, 9.17) is 11.6 Å². The Morgan fingerprint density at radius 2 is 2.19 bits per heavy atom. The highest BCUT2D eigenvalue weighted by atomic mass is 35.5. The van der Waals surface area contributed by atoms with E-state index in [9.17, 15) is 4.39 Å². The van der Waals surface area contributed by atoms with E-state index in [0.29, 0.717) is 18.6 Å². The summed E-state index contributed by atoms with van der Waals surface area (Å²) < 4.78 is 14.2. The maximum Gasteiger partial charge on any atom is 0.146 e. The maximum absolute atomic E-state index is 14.2. The Labute approximate surface area is 131 Å². The summed E-state index contributed by atoms with van der Waals surface area (Å²) in [5, 5.41) is 3.93. The van der Waals surface area contributed by atoms with Gasteiger partial charge >= 0.3 is 0 Å². The zero-order chi connectivity index (χ0) is 14.8. The van der Waals surface area contributed by atoms with Gasteiger partial charge in [-0.05, 0) is 31.2 Å². The molecule has 21 heavy (non-hydrogen) atoms. The molecule has 2 unspecified atom stereocenters. The predicted octanol–water partition coefficient (Wildman–Crippen LogP) is 3.83. The molecule has 0 radical (unpaired) electrons. The van der Waals surface area contributed by atoms with E-state index in [1.54, 1.807) is 6.07 Å². The summed E-state index contributed by atoms with van der Waals surface area (Å²) in [4.78, 5) is 2.46. The highest BCUT2D eigenvalue weighted by molar-refractivity contribution is 6.30. The van der Waals surface area contributed by atoms with Crippen molar-refractivity contribution in [1.82, 2.24) is 10.2 Å². The summed E-state index contributed by atoms with van der Waals surface area (Å²) in [6.45, 7) is 4.94. The van der Waals surface area contributed by atoms with E-state index in [1.165, 1.54) is 12.8 Å². The lowest BCUT2D eigenvalue weighted by Gasteiger charge is -2.41. The molecule has 0 amide bonds. The summed E-state index contributed by atoms with van der Waals surface area (Å²) in [5.41, 5.74) is 0.722. The van der Waals surface area contributed by atoms with Gasteiger partial charge in [0.15, 0.2) is 0 Å². The quantitative estimate of drug-likeness (QED) is 0.889. The van der Waals surface area contributed by atoms with Crippen molar-refractivity contribution < 1.29 is 4.39 Å². The van der Waals surface area contributed by atoms with Gasteiger partial charge in [-0.15, -0.1) is 0 Å². The minimum Gasteiger partial charge on any atom is -0.311 e. The van der Waals surface area contributed by atoms with Crippen molar-refractivity contribution >= 4 is 11.6 Å². The monoisotopic (exact) mass is 310 g/mol. The summed E-state index contributed by atoms with van der Waals surface area (Å²) in [5.74, 6) is 0.579. The molecule has 1 aromatic rings. The van der Waals surface area contributed by atoms with E-state index in [1.807, 2.05) is 12.1 Å². The summed E-state index contributed by atoms with van der Waals surface area (Å²) in [6, 6.07) is 6.41. The van der Waals surface area contributed by atoms with Crippen LogP contribution in [-0.4, -0.2) is 30.1 Å². The molecule has 1 aromatic carbocycles. The smallest absolute Gasteiger partial charge is 0.146 e. The Morgan fingerprint density at radius 1 is 1.38 bits per heavy atom. The first-order valence-electron chi connectivity index (χ1n) is 8.09. The predicted molar refractivity (Wildman–Crippen MR) is 85.0 cm³/mol. The van der Waals surface area contributed by atoms with Gasteiger partial charge in [0.25, 0.3) is 0 Å². The second-order valence-electron chi connectivity index (χ2n) is 6.44. The van der Waals surface area contributed by atoms with Gasteiger partial charge in [-0.2, -0.15) is 0 Å². The minimum absolute atomic E-state index is 0.230. The molecule has 1 aliphatic carbocycles. The second kappa shape index (κ2) is 6.64. The van der Waals surface area contributed by atoms with Gasteiger partial charge in [-0.25, -0.2) is 4.39 Å². The molecule has 1 N–H and O–H groups in total. The largest absolute Gasteiger partial charge is 0.311 e. The number of nitrogens with one attached hydrogen (secondary N) is 1. The van der Waals surface area contributed by atoms with Crippen LogP contribution in [0.15, 0.2) is 18.2 Å². The standard InChI is InChI=1S/C17H24ClFN2/c1-2-4-14-9-20-16(12-7-8-12)11-21(14)10-13-5-3-6-15(18)17(13)19/h3,5-6,12,14,16,20H,2,4,7-11H2,1H3. The molecule has 2 aliphatic rings. The summed E-state index contributed by atoms with van der Waals surface area (Å²) >= 11 is 5.91. The molecule has 0 spiro atoms. The first kappa shape index (κ1) is 15.3. The molecule has 2 fully saturated rings. The Hall–Kier alpha value is -0.640. The molecular formula is C17H24ClFN2. The van der Waals surface area contributed by atoms with Gasteiger partial charge < -0.3 is 5.32 Å². The Balaban J connectivity index is 1.73. The van der Waals surface area contributed by atoms with Crippen LogP contribution in [0, 0.1) is 11.7 Å². The Morgan fingerprint density at radius 3 is 2.90 bits per heavy atom. The van der Waals surface area contributed by atoms with Crippen LogP contribution >= 0.6 is 11.6 Å². The minimum atomic E-state index is -0.254. The van der Waals surface area contributed by atoms with Crippen molar-refractivity contribution in [3.63, 3.8) is 0 Å². The zero-order valence-electron chi connectivity index (χ0n) is 12.6. The lowest BCUT2D eigenvalue weighted by atomic mass is 10.0. The van der Waals surface area contributed by atoms with Crippen molar-refractivity contribution in [3.05, 3.63) is 34.6 Å². The van der Waals surface area contributed by atoms with Gasteiger partial charge in [0.1, 0.15) is 5.82 Å². The van der Waals surface area contributed by atoms with E-state index in [2.05, 4.69) is 17.1 Å². The van der Waals surface area contributed by atoms with Crippen molar-refractivity contribution in [2.45, 2.75) is 51.2 Å². The molecular weight excluding hydrogens is 287 g/mol. The van der Waals surface area contributed by atoms with Gasteiger partial charge in [-0.1, -0.05) is 37.1 Å². The first-order valence-corrected chi connectivity index (χ1v) is 8.47. The van der Waals surface area contributed by atoms with E-state index < -0.39 is 0 Å². The number of nitrogens with zero attached hydrogens (tertiary/aromatic N) is 1. The highest BCUT2D eigenvalue weighted by Gasteiger charge is 2.37. The molecule has 1 heterocycles. The lowest BCUT2D eigenvalue weighted by Crippen LogP contribution is -2.56. The van der Waals surface area contributed by atoms with Crippen LogP contribution in [0.5, 0.6) is 0 Å². The molecule has 1 aliphatic heterocycles. The first-order chi connectivity index (χ1) is 10.2. The van der Waals surface area contributed by atoms with Gasteiger partial charge in [0.05, 0.1) is 5.02 Å². The fourth-order valence-corrected chi connectivity index (χ4v) is 3.59. The Kier molecular flexibility index (Phi) is 4.82. The zero-order valence-corrected chi connectivity index (χ0v) is 13.4. The normalized spacial score (nSPS) is 27.0. The van der Waals surface area contributed by atoms with E-state index in [0.717, 1.165) is 37.4 Å². The molecule has 0 aromatic heterocycles. The number of benzene rings is 1. The summed E-state index contributed by atoms with van der Waals surface area (Å²) in [6.07, 6.45) is 5.01. The molecule has 0 bridgehead atoms. The van der Waals surface area contributed by atoms with Crippen LogP contribution in [0.25, 0.3) is 0 Å². The van der Waals surface area contributed by atoms with Gasteiger partial charge in [-0.3, -0.25) is 4.90 Å². The van der Waals surface area contributed by atoms with Crippen LogP contribution < -0.4 is 5.32 Å². The third kappa shape index (κ3) is 3.58. The van der Waals surface area contributed by atoms with Crippen LogP contribution in [0.4, 0.5) is 4.39 Å². The van der Waals surface area contributed by atoms with Crippen molar-refractivity contribution in [1.29, 1.82) is 0 Å². The fourth-order valence-electron chi connectivity index (χ4n) is 3.40. The molecule has 2 nitrogen and oxygen atoms in total. The number of hydrogen-bond donors (Lipinski definition) is 1. The molecule has 1 saturated heterocycles. The van der Waals surface area contributed by atoms with Crippen molar-refractivity contribution in [3.8, 4) is 0 Å². The topological polar surface area (TPSA) is 15.3 Å². The highest BCUT2D eigenvalue weighted by Crippen LogP contribution is 2.35. The third-order valence-electron chi connectivity index (χ3n) is 4.78. The van der Waals surface area contributed by atoms with Gasteiger partial charge in [0.2, 0.25) is 0 Å². The number of rotatable bonds is 5.